The van der Waals surface area contributed by atoms with E-state index in [1.165, 1.54) is 17.0 Å². The number of aromatic nitrogens is 2. The van der Waals surface area contributed by atoms with Crippen molar-refractivity contribution in [2.75, 3.05) is 13.2 Å². The minimum absolute atomic E-state index is 0.0643. The molecule has 4 N–H and O–H groups in total. The number of alkyl halides is 3. The second-order valence-electron chi connectivity index (χ2n) is 8.54. The molecule has 39 heavy (non-hydrogen) atoms. The molecule has 2 atom stereocenters. The fourth-order valence-corrected chi connectivity index (χ4v) is 4.32. The molecule has 0 bridgehead atoms. The number of hydrogen-bond acceptors (Lipinski definition) is 6. The van der Waals surface area contributed by atoms with Crippen LogP contribution in [0.25, 0.3) is 0 Å². The van der Waals surface area contributed by atoms with E-state index in [-0.39, 0.29) is 28.3 Å². The SMILES string of the molecule is CCN1C(=O)C(NC(=O)c2ccn(C(F)(F)F)n2)C(c2ccc(F)cc2)/C(=C(/N)CO)C1=Nc1ccccc1. The Bertz CT molecular complexity index is 1420. The number of nitrogens with zero attached hydrogens (tertiary/aromatic N) is 4. The van der Waals surface area contributed by atoms with E-state index in [2.05, 4.69) is 15.4 Å². The zero-order chi connectivity index (χ0) is 28.3. The molecule has 9 nitrogen and oxygen atoms in total. The molecule has 2 heterocycles. The van der Waals surface area contributed by atoms with Crippen LogP contribution in [0, 0.1) is 5.82 Å². The summed E-state index contributed by atoms with van der Waals surface area (Å²) in [7, 11) is 0. The van der Waals surface area contributed by atoms with Crippen molar-refractivity contribution in [2.45, 2.75) is 25.2 Å². The Morgan fingerprint density at radius 1 is 1.13 bits per heavy atom. The Labute approximate surface area is 220 Å². The number of aliphatic hydroxyl groups is 1. The summed E-state index contributed by atoms with van der Waals surface area (Å²) in [5.74, 6) is -3.22. The molecule has 2 aromatic carbocycles. The monoisotopic (exact) mass is 544 g/mol. The van der Waals surface area contributed by atoms with E-state index in [0.29, 0.717) is 17.4 Å². The lowest BCUT2D eigenvalue weighted by Gasteiger charge is -2.41. The van der Waals surface area contributed by atoms with Crippen LogP contribution in [0.15, 0.2) is 83.1 Å². The molecule has 0 spiro atoms. The molecule has 1 aromatic heterocycles. The second-order valence-corrected chi connectivity index (χ2v) is 8.54. The average molecular weight is 545 g/mol. The number of hydrogen-bond donors (Lipinski definition) is 3. The normalized spacial score (nSPS) is 20.3. The standard InChI is InChI=1S/C26H24F4N6O3/c1-2-35-23(32-17-6-4-3-5-7-17)21(18(31)14-37)20(15-8-10-16(27)11-9-15)22(25(35)39)33-24(38)19-12-13-36(34-19)26(28,29)30/h3-13,20,22,37H,2,14,31H2,1H3,(H,33,38)/b21-18-,32-23?. The van der Waals surface area contributed by atoms with Crippen LogP contribution in [0.1, 0.15) is 28.9 Å². The van der Waals surface area contributed by atoms with E-state index < -0.39 is 48.2 Å². The summed E-state index contributed by atoms with van der Waals surface area (Å²) in [4.78, 5) is 32.7. The summed E-state index contributed by atoms with van der Waals surface area (Å²) in [6.45, 7) is 1.11. The van der Waals surface area contributed by atoms with Crippen LogP contribution < -0.4 is 11.1 Å². The summed E-state index contributed by atoms with van der Waals surface area (Å²) in [5, 5.41) is 15.8. The third kappa shape index (κ3) is 5.67. The van der Waals surface area contributed by atoms with Gasteiger partial charge in [0.15, 0.2) is 0 Å². The first-order chi connectivity index (χ1) is 18.5. The van der Waals surface area contributed by atoms with Crippen LogP contribution in [0.5, 0.6) is 0 Å². The fraction of sp³-hybridized carbons (Fsp3) is 0.231. The van der Waals surface area contributed by atoms with Crippen LogP contribution in [-0.2, 0) is 11.1 Å². The van der Waals surface area contributed by atoms with Crippen molar-refractivity contribution >= 4 is 23.3 Å². The van der Waals surface area contributed by atoms with E-state index >= 15 is 0 Å². The molecule has 0 radical (unpaired) electrons. The van der Waals surface area contributed by atoms with Gasteiger partial charge in [-0.1, -0.05) is 30.3 Å². The number of nitrogens with one attached hydrogen (secondary N) is 1. The first kappa shape index (κ1) is 27.5. The van der Waals surface area contributed by atoms with Gasteiger partial charge in [0, 0.05) is 29.9 Å². The molecular weight excluding hydrogens is 520 g/mol. The quantitative estimate of drug-likeness (QED) is 0.411. The van der Waals surface area contributed by atoms with Crippen LogP contribution in [0.4, 0.5) is 23.2 Å². The third-order valence-electron chi connectivity index (χ3n) is 6.09. The maximum atomic E-state index is 13.8. The molecule has 204 valence electrons. The predicted octanol–water partition coefficient (Wildman–Crippen LogP) is 3.18. The zero-order valence-corrected chi connectivity index (χ0v) is 20.6. The molecular formula is C26H24F4N6O3. The van der Waals surface area contributed by atoms with Gasteiger partial charge < -0.3 is 16.2 Å². The average Bonchev–Trinajstić information content (AvgIpc) is 3.42. The largest absolute Gasteiger partial charge is 0.504 e. The van der Waals surface area contributed by atoms with Gasteiger partial charge in [0.2, 0.25) is 0 Å². The van der Waals surface area contributed by atoms with Crippen LogP contribution in [-0.4, -0.2) is 56.6 Å². The number of para-hydroxylation sites is 1. The molecule has 2 unspecified atom stereocenters. The van der Waals surface area contributed by atoms with Crippen molar-refractivity contribution in [3.8, 4) is 0 Å². The molecule has 1 aliphatic heterocycles. The number of likely N-dealkylation sites (tertiary alicyclic amines) is 1. The molecule has 1 fully saturated rings. The molecule has 4 rings (SSSR count). The Balaban J connectivity index is 1.87. The lowest BCUT2D eigenvalue weighted by molar-refractivity contribution is -0.212. The number of halogens is 4. The topological polar surface area (TPSA) is 126 Å². The number of carbonyl (C=O) groups excluding carboxylic acids is 2. The molecule has 1 saturated heterocycles. The minimum Gasteiger partial charge on any atom is -0.400 e. The van der Waals surface area contributed by atoms with Crippen molar-refractivity contribution < 1.29 is 32.3 Å². The van der Waals surface area contributed by atoms with E-state index in [1.54, 1.807) is 37.3 Å². The third-order valence-corrected chi connectivity index (χ3v) is 6.09. The number of amidine groups is 1. The van der Waals surface area contributed by atoms with Gasteiger partial charge in [0.1, 0.15) is 23.4 Å². The molecule has 2 amide bonds. The fourth-order valence-electron chi connectivity index (χ4n) is 4.32. The lowest BCUT2D eigenvalue weighted by atomic mass is 9.78. The Hall–Kier alpha value is -4.52. The van der Waals surface area contributed by atoms with Gasteiger partial charge >= 0.3 is 6.30 Å². The van der Waals surface area contributed by atoms with Gasteiger partial charge in [-0.2, -0.15) is 9.78 Å². The highest BCUT2D eigenvalue weighted by Gasteiger charge is 2.46. The number of rotatable bonds is 6. The zero-order valence-electron chi connectivity index (χ0n) is 20.6. The van der Waals surface area contributed by atoms with Crippen LogP contribution >= 0.6 is 0 Å². The Morgan fingerprint density at radius 2 is 1.79 bits per heavy atom. The van der Waals surface area contributed by atoms with Crippen LogP contribution in [0.2, 0.25) is 0 Å². The van der Waals surface area contributed by atoms with Gasteiger partial charge in [-0.25, -0.2) is 9.38 Å². The highest BCUT2D eigenvalue weighted by atomic mass is 19.4. The van der Waals surface area contributed by atoms with Crippen LogP contribution in [0.3, 0.4) is 0 Å². The number of nitrogens with two attached hydrogens (primary N) is 1. The maximum Gasteiger partial charge on any atom is 0.504 e. The van der Waals surface area contributed by atoms with Crippen molar-refractivity contribution in [3.05, 3.63) is 95.2 Å². The summed E-state index contributed by atoms with van der Waals surface area (Å²) in [5.41, 5.74) is 6.62. The number of likely N-dealkylation sites (N-methyl/N-ethyl adjacent to an activating group) is 1. The van der Waals surface area contributed by atoms with Gasteiger partial charge in [0.05, 0.1) is 12.3 Å². The number of aliphatic hydroxyl groups excluding tert-OH is 1. The lowest BCUT2D eigenvalue weighted by Crippen LogP contribution is -2.59. The summed E-state index contributed by atoms with van der Waals surface area (Å²) in [6.07, 6.45) is -4.27. The second kappa shape index (κ2) is 11.1. The van der Waals surface area contributed by atoms with E-state index in [0.717, 1.165) is 18.2 Å². The van der Waals surface area contributed by atoms with Gasteiger partial charge in [-0.3, -0.25) is 14.5 Å². The van der Waals surface area contributed by atoms with Gasteiger partial charge in [0.25, 0.3) is 11.8 Å². The highest BCUT2D eigenvalue weighted by Crippen LogP contribution is 2.37. The summed E-state index contributed by atoms with van der Waals surface area (Å²) in [6, 6.07) is 13.2. The smallest absolute Gasteiger partial charge is 0.400 e. The molecule has 0 aliphatic carbocycles. The molecule has 3 aromatic rings. The van der Waals surface area contributed by atoms with Gasteiger partial charge in [-0.05, 0) is 42.8 Å². The highest BCUT2D eigenvalue weighted by molar-refractivity contribution is 6.15. The first-order valence-corrected chi connectivity index (χ1v) is 11.8. The number of piperidine rings is 1. The van der Waals surface area contributed by atoms with E-state index in [1.807, 2.05) is 0 Å². The Kier molecular flexibility index (Phi) is 7.81. The van der Waals surface area contributed by atoms with E-state index in [9.17, 15) is 32.3 Å². The molecule has 13 heteroatoms. The minimum atomic E-state index is -4.84. The first-order valence-electron chi connectivity index (χ1n) is 11.8. The van der Waals surface area contributed by atoms with E-state index in [4.69, 9.17) is 5.73 Å². The van der Waals surface area contributed by atoms with Crippen molar-refractivity contribution in [1.29, 1.82) is 0 Å². The number of aliphatic imine (C=N–C) groups is 1. The van der Waals surface area contributed by atoms with Crippen molar-refractivity contribution in [1.82, 2.24) is 20.0 Å². The predicted molar refractivity (Wildman–Crippen MR) is 133 cm³/mol. The number of benzene rings is 2. The van der Waals surface area contributed by atoms with Crippen molar-refractivity contribution in [2.24, 2.45) is 10.7 Å². The van der Waals surface area contributed by atoms with Gasteiger partial charge in [-0.15, -0.1) is 13.2 Å². The number of carbonyl (C=O) groups is 2. The number of amides is 2. The summed E-state index contributed by atoms with van der Waals surface area (Å²) < 4.78 is 52.5. The molecule has 0 saturated carbocycles. The molecule has 1 aliphatic rings. The summed E-state index contributed by atoms with van der Waals surface area (Å²) >= 11 is 0. The van der Waals surface area contributed by atoms with Crippen molar-refractivity contribution in [3.63, 3.8) is 0 Å². The Morgan fingerprint density at radius 3 is 2.36 bits per heavy atom. The maximum absolute atomic E-state index is 13.8.